The molecule has 0 radical (unpaired) electrons. The lowest BCUT2D eigenvalue weighted by Crippen LogP contribution is -2.31. The van der Waals surface area contributed by atoms with Crippen molar-refractivity contribution >= 4 is 11.3 Å². The van der Waals surface area contributed by atoms with E-state index in [-0.39, 0.29) is 5.54 Å². The van der Waals surface area contributed by atoms with E-state index in [0.717, 1.165) is 23.5 Å². The molecule has 1 heterocycles. The molecule has 1 unspecified atom stereocenters. The largest absolute Gasteiger partial charge is 0.320 e. The lowest BCUT2D eigenvalue weighted by atomic mass is 10.0. The van der Waals surface area contributed by atoms with Crippen LogP contribution in [0, 0.1) is 0 Å². The summed E-state index contributed by atoms with van der Waals surface area (Å²) in [7, 11) is 0. The third-order valence-electron chi connectivity index (χ3n) is 3.00. The van der Waals surface area contributed by atoms with Gasteiger partial charge in [0.2, 0.25) is 0 Å². The van der Waals surface area contributed by atoms with Crippen molar-refractivity contribution in [2.75, 3.05) is 0 Å². The van der Waals surface area contributed by atoms with Gasteiger partial charge in [-0.25, -0.2) is 4.98 Å². The smallest absolute Gasteiger partial charge is 0.112 e. The monoisotopic (exact) mass is 246 g/mol. The second-order valence-corrected chi connectivity index (χ2v) is 5.44. The van der Waals surface area contributed by atoms with Crippen LogP contribution in [0.4, 0.5) is 0 Å². The predicted octanol–water partition coefficient (Wildman–Crippen LogP) is 3.32. The number of rotatable bonds is 4. The Hall–Kier alpha value is -1.19. The van der Waals surface area contributed by atoms with Crippen molar-refractivity contribution in [3.05, 3.63) is 52.0 Å². The maximum atomic E-state index is 6.19. The molecule has 2 aromatic rings. The molecule has 1 atom stereocenters. The molecule has 3 heteroatoms. The first kappa shape index (κ1) is 12.3. The first-order valence-corrected chi connectivity index (χ1v) is 6.77. The van der Waals surface area contributed by atoms with Crippen LogP contribution < -0.4 is 5.73 Å². The molecule has 0 aliphatic rings. The first-order valence-electron chi connectivity index (χ1n) is 5.89. The van der Waals surface area contributed by atoms with Crippen LogP contribution in [0.1, 0.15) is 36.5 Å². The lowest BCUT2D eigenvalue weighted by molar-refractivity contribution is 0.473. The molecule has 17 heavy (non-hydrogen) atoms. The van der Waals surface area contributed by atoms with E-state index in [2.05, 4.69) is 41.6 Å². The van der Waals surface area contributed by atoms with Crippen LogP contribution in [0.5, 0.6) is 0 Å². The van der Waals surface area contributed by atoms with E-state index in [1.165, 1.54) is 5.56 Å². The van der Waals surface area contributed by atoms with E-state index in [9.17, 15) is 0 Å². The lowest BCUT2D eigenvalue weighted by Gasteiger charge is -2.18. The van der Waals surface area contributed by atoms with E-state index >= 15 is 0 Å². The van der Waals surface area contributed by atoms with Gasteiger partial charge in [0.05, 0.1) is 11.2 Å². The number of thiazole rings is 1. The number of aromatic nitrogens is 1. The highest BCUT2D eigenvalue weighted by Crippen LogP contribution is 2.25. The molecular formula is C14H18N2S. The molecule has 0 bridgehead atoms. The van der Waals surface area contributed by atoms with Crippen molar-refractivity contribution in [2.24, 2.45) is 5.73 Å². The summed E-state index contributed by atoms with van der Waals surface area (Å²) in [6, 6.07) is 10.4. The molecule has 2 rings (SSSR count). The zero-order chi connectivity index (χ0) is 12.3. The number of hydrogen-bond acceptors (Lipinski definition) is 3. The molecule has 1 aromatic heterocycles. The van der Waals surface area contributed by atoms with Gasteiger partial charge in [0, 0.05) is 11.8 Å². The van der Waals surface area contributed by atoms with Crippen LogP contribution >= 0.6 is 11.3 Å². The van der Waals surface area contributed by atoms with Gasteiger partial charge in [0.25, 0.3) is 0 Å². The molecular weight excluding hydrogens is 228 g/mol. The third-order valence-corrected chi connectivity index (χ3v) is 4.17. The minimum Gasteiger partial charge on any atom is -0.320 e. The average molecular weight is 246 g/mol. The molecule has 0 saturated carbocycles. The Morgan fingerprint density at radius 2 is 2.00 bits per heavy atom. The van der Waals surface area contributed by atoms with Crippen LogP contribution in [0.15, 0.2) is 35.7 Å². The zero-order valence-electron chi connectivity index (χ0n) is 10.3. The number of hydrogen-bond donors (Lipinski definition) is 1. The maximum Gasteiger partial charge on any atom is 0.112 e. The van der Waals surface area contributed by atoms with Gasteiger partial charge in [0.15, 0.2) is 0 Å². The SMILES string of the molecule is CCC(C)(N)c1nc(Cc2ccccc2)cs1. The second kappa shape index (κ2) is 4.98. The van der Waals surface area contributed by atoms with Gasteiger partial charge in [-0.3, -0.25) is 0 Å². The summed E-state index contributed by atoms with van der Waals surface area (Å²) in [5.74, 6) is 0. The van der Waals surface area contributed by atoms with Crippen molar-refractivity contribution in [2.45, 2.75) is 32.2 Å². The van der Waals surface area contributed by atoms with E-state index in [1.54, 1.807) is 11.3 Å². The van der Waals surface area contributed by atoms with Gasteiger partial charge < -0.3 is 5.73 Å². The molecule has 90 valence electrons. The minimum atomic E-state index is -0.292. The Morgan fingerprint density at radius 3 is 2.65 bits per heavy atom. The zero-order valence-corrected chi connectivity index (χ0v) is 11.1. The molecule has 0 spiro atoms. The fourth-order valence-electron chi connectivity index (χ4n) is 1.61. The van der Waals surface area contributed by atoms with Crippen molar-refractivity contribution in [1.82, 2.24) is 4.98 Å². The van der Waals surface area contributed by atoms with E-state index in [0.29, 0.717) is 0 Å². The molecule has 0 saturated heterocycles. The van der Waals surface area contributed by atoms with Crippen molar-refractivity contribution in [3.8, 4) is 0 Å². The molecule has 0 aliphatic heterocycles. The Labute approximate surface area is 107 Å². The van der Waals surface area contributed by atoms with Crippen molar-refractivity contribution in [1.29, 1.82) is 0 Å². The summed E-state index contributed by atoms with van der Waals surface area (Å²) in [4.78, 5) is 4.64. The van der Waals surface area contributed by atoms with Gasteiger partial charge >= 0.3 is 0 Å². The van der Waals surface area contributed by atoms with Gasteiger partial charge in [-0.15, -0.1) is 11.3 Å². The predicted molar refractivity (Wildman–Crippen MR) is 73.2 cm³/mol. The quantitative estimate of drug-likeness (QED) is 0.898. The molecule has 0 aliphatic carbocycles. The topological polar surface area (TPSA) is 38.9 Å². The minimum absolute atomic E-state index is 0.292. The summed E-state index contributed by atoms with van der Waals surface area (Å²) in [6.45, 7) is 4.14. The summed E-state index contributed by atoms with van der Waals surface area (Å²) >= 11 is 1.66. The second-order valence-electron chi connectivity index (χ2n) is 4.58. The highest BCUT2D eigenvalue weighted by atomic mass is 32.1. The molecule has 0 fully saturated rings. The summed E-state index contributed by atoms with van der Waals surface area (Å²) in [5.41, 5.74) is 8.30. The first-order chi connectivity index (χ1) is 8.12. The Kier molecular flexibility index (Phi) is 3.60. The van der Waals surface area contributed by atoms with Crippen LogP contribution in [-0.2, 0) is 12.0 Å². The number of benzene rings is 1. The molecule has 2 nitrogen and oxygen atoms in total. The Morgan fingerprint density at radius 1 is 1.29 bits per heavy atom. The Balaban J connectivity index is 2.14. The van der Waals surface area contributed by atoms with Crippen LogP contribution in [0.25, 0.3) is 0 Å². The highest BCUT2D eigenvalue weighted by Gasteiger charge is 2.22. The van der Waals surface area contributed by atoms with Gasteiger partial charge in [-0.1, -0.05) is 37.3 Å². The Bertz CT molecular complexity index is 474. The summed E-state index contributed by atoms with van der Waals surface area (Å²) < 4.78 is 0. The van der Waals surface area contributed by atoms with Crippen LogP contribution in [-0.4, -0.2) is 4.98 Å². The number of nitrogens with two attached hydrogens (primary N) is 1. The fraction of sp³-hybridized carbons (Fsp3) is 0.357. The molecule has 1 aromatic carbocycles. The molecule has 0 amide bonds. The van der Waals surface area contributed by atoms with E-state index < -0.39 is 0 Å². The standard InChI is InChI=1S/C14H18N2S/c1-3-14(2,15)13-16-12(10-17-13)9-11-7-5-4-6-8-11/h4-8,10H,3,9,15H2,1-2H3. The van der Waals surface area contributed by atoms with Gasteiger partial charge in [0.1, 0.15) is 5.01 Å². The summed E-state index contributed by atoms with van der Waals surface area (Å²) in [5, 5.41) is 3.15. The third kappa shape index (κ3) is 2.93. The fourth-order valence-corrected chi connectivity index (χ4v) is 2.57. The number of nitrogens with zero attached hydrogens (tertiary/aromatic N) is 1. The van der Waals surface area contributed by atoms with E-state index in [1.807, 2.05) is 13.0 Å². The summed E-state index contributed by atoms with van der Waals surface area (Å²) in [6.07, 6.45) is 1.79. The maximum absolute atomic E-state index is 6.19. The highest BCUT2D eigenvalue weighted by molar-refractivity contribution is 7.09. The van der Waals surface area contributed by atoms with Gasteiger partial charge in [-0.05, 0) is 18.9 Å². The van der Waals surface area contributed by atoms with Crippen molar-refractivity contribution < 1.29 is 0 Å². The van der Waals surface area contributed by atoms with Gasteiger partial charge in [-0.2, -0.15) is 0 Å². The van der Waals surface area contributed by atoms with Crippen LogP contribution in [0.3, 0.4) is 0 Å². The normalized spacial score (nSPS) is 14.5. The van der Waals surface area contributed by atoms with E-state index in [4.69, 9.17) is 5.73 Å². The van der Waals surface area contributed by atoms with Crippen molar-refractivity contribution in [3.63, 3.8) is 0 Å². The van der Waals surface area contributed by atoms with Crippen LogP contribution in [0.2, 0.25) is 0 Å². The molecule has 2 N–H and O–H groups in total. The average Bonchev–Trinajstić information content (AvgIpc) is 2.80.